The smallest absolute Gasteiger partial charge is 0.394 e. The van der Waals surface area contributed by atoms with Crippen molar-refractivity contribution in [3.8, 4) is 0 Å². The number of rotatable bonds is 15. The summed E-state index contributed by atoms with van der Waals surface area (Å²) in [7, 11) is -5.04. The maximum Gasteiger partial charge on any atom is 0.397 e. The van der Waals surface area contributed by atoms with Crippen LogP contribution in [0.2, 0.25) is 0 Å². The number of ether oxygens (including phenoxy) is 6. The average Bonchev–Trinajstić information content (AvgIpc) is 3.59. The highest BCUT2D eigenvalue weighted by molar-refractivity contribution is 7.80. The third kappa shape index (κ3) is 10.3. The molecular weight excluding hydrogens is 849 g/mol. The Labute approximate surface area is 371 Å². The summed E-state index contributed by atoms with van der Waals surface area (Å²) in [6.07, 6.45) is -10.4. The van der Waals surface area contributed by atoms with E-state index in [1.54, 1.807) is 0 Å². The van der Waals surface area contributed by atoms with Crippen molar-refractivity contribution in [2.45, 2.75) is 197 Å². The maximum absolute atomic E-state index is 11.7. The molecule has 9 N–H and O–H groups in total. The minimum Gasteiger partial charge on any atom is -0.394 e. The standard InChI is InChI=1S/C44H74O18S/c1-21(2)7-6-8-22(3)26-11-12-27-25-10-9-23-17-24(13-15-43(23,4)28(25)14-16-44(26,27)5)58-42-39(62-41-37(52)35(50)33(48)30(18-45)59-41)38(34(49)31(60-42)20-57-63(53,54)55)61-40-36(51)32(47)29(46)19-56-40/h9,21-22,24-42,45-52H,6-8,10-20H2,1-5H3,(H,53,54,55)/t22-,24+,25+,26-,27+,28+,29-,30-,31-,32+,33+,34-,35+,36-,37-,38+,39-,40+,41+,42-,43+,44-/m1/s1. The minimum absolute atomic E-state index is 0.0711. The minimum atomic E-state index is -5.04. The van der Waals surface area contributed by atoms with Crippen molar-refractivity contribution in [3.05, 3.63) is 11.6 Å². The molecule has 0 aromatic rings. The van der Waals surface area contributed by atoms with Crippen LogP contribution >= 0.6 is 0 Å². The van der Waals surface area contributed by atoms with Crippen LogP contribution in [0.1, 0.15) is 105 Å². The van der Waals surface area contributed by atoms with Crippen LogP contribution in [-0.4, -0.2) is 166 Å². The van der Waals surface area contributed by atoms with Crippen LogP contribution in [0.15, 0.2) is 11.6 Å². The SMILES string of the molecule is CC(C)CCC[C@@H](C)[C@H]1CC[C@H]2[C@@H]3CC=C4C[C@@H](O[C@@H]5O[C@H](COS(=O)(=O)O)[C@@H](O)[C@H](O[C@@H]6OC[C@@H](O)[C@H](O)[C@H]6O)[C@H]5O[C@@H]5O[C@H](CO)[C@H](O)[C@H](O)[C@H]5O)CC[C@]4(C)[C@H]3CC[C@]12C. The molecule has 3 saturated heterocycles. The highest BCUT2D eigenvalue weighted by Gasteiger charge is 2.60. The molecule has 3 heterocycles. The Hall–Kier alpha value is -0.950. The molecule has 0 aromatic carbocycles. The molecule has 19 heteroatoms. The summed E-state index contributed by atoms with van der Waals surface area (Å²) in [5.74, 6) is 3.90. The van der Waals surface area contributed by atoms with Gasteiger partial charge in [0.25, 0.3) is 0 Å². The van der Waals surface area contributed by atoms with Gasteiger partial charge in [0.2, 0.25) is 0 Å². The second kappa shape index (κ2) is 19.9. The molecular formula is C44H74O18S. The zero-order valence-corrected chi connectivity index (χ0v) is 38.0. The summed E-state index contributed by atoms with van der Waals surface area (Å²) in [4.78, 5) is 0. The molecule has 0 amide bonds. The number of allylic oxidation sites excluding steroid dienone is 1. The van der Waals surface area contributed by atoms with Gasteiger partial charge in [0.05, 0.1) is 25.9 Å². The van der Waals surface area contributed by atoms with E-state index in [-0.39, 0.29) is 5.41 Å². The van der Waals surface area contributed by atoms with Crippen LogP contribution in [0.4, 0.5) is 0 Å². The Morgan fingerprint density at radius 1 is 0.762 bits per heavy atom. The lowest BCUT2D eigenvalue weighted by molar-refractivity contribution is -0.391. The van der Waals surface area contributed by atoms with Crippen LogP contribution in [0.3, 0.4) is 0 Å². The fourth-order valence-electron chi connectivity index (χ4n) is 12.9. The fraction of sp³-hybridized carbons (Fsp3) is 0.955. The fourth-order valence-corrected chi connectivity index (χ4v) is 13.2. The molecule has 0 bridgehead atoms. The van der Waals surface area contributed by atoms with Gasteiger partial charge in [-0.05, 0) is 97.7 Å². The molecule has 0 unspecified atom stereocenters. The Morgan fingerprint density at radius 2 is 1.46 bits per heavy atom. The Balaban J connectivity index is 1.13. The van der Waals surface area contributed by atoms with E-state index in [2.05, 4.69) is 44.9 Å². The lowest BCUT2D eigenvalue weighted by Gasteiger charge is -2.58. The monoisotopic (exact) mass is 922 g/mol. The van der Waals surface area contributed by atoms with Gasteiger partial charge in [0.1, 0.15) is 67.1 Å². The molecule has 4 aliphatic carbocycles. The normalized spacial score (nSPS) is 48.6. The second-order valence-electron chi connectivity index (χ2n) is 20.7. The molecule has 0 spiro atoms. The zero-order chi connectivity index (χ0) is 45.8. The second-order valence-corrected chi connectivity index (χ2v) is 21.8. The maximum atomic E-state index is 11.7. The summed E-state index contributed by atoms with van der Waals surface area (Å²) < 4.78 is 73.7. The lowest BCUT2D eigenvalue weighted by Crippen LogP contribution is -2.67. The van der Waals surface area contributed by atoms with Gasteiger partial charge in [0, 0.05) is 0 Å². The number of aliphatic hydroxyl groups excluding tert-OH is 8. The lowest BCUT2D eigenvalue weighted by atomic mass is 9.47. The topological polar surface area (TPSA) is 281 Å². The predicted molar refractivity (Wildman–Crippen MR) is 221 cm³/mol. The van der Waals surface area contributed by atoms with E-state index in [1.807, 2.05) is 0 Å². The molecule has 3 saturated carbocycles. The third-order valence-electron chi connectivity index (χ3n) is 16.5. The molecule has 364 valence electrons. The van der Waals surface area contributed by atoms with E-state index in [1.165, 1.54) is 44.1 Å². The first kappa shape index (κ1) is 49.9. The highest BCUT2D eigenvalue weighted by atomic mass is 32.3. The van der Waals surface area contributed by atoms with Crippen molar-refractivity contribution in [3.63, 3.8) is 0 Å². The number of aliphatic hydroxyl groups is 8. The molecule has 6 fully saturated rings. The van der Waals surface area contributed by atoms with Gasteiger partial charge >= 0.3 is 10.4 Å². The molecule has 3 aliphatic heterocycles. The van der Waals surface area contributed by atoms with E-state index in [0.717, 1.165) is 31.1 Å². The van der Waals surface area contributed by atoms with Gasteiger partial charge in [-0.15, -0.1) is 0 Å². The summed E-state index contributed by atoms with van der Waals surface area (Å²) in [6, 6.07) is 0. The van der Waals surface area contributed by atoms with E-state index in [9.17, 15) is 53.8 Å². The highest BCUT2D eigenvalue weighted by Crippen LogP contribution is 2.67. The molecule has 0 radical (unpaired) electrons. The van der Waals surface area contributed by atoms with Crippen molar-refractivity contribution >= 4 is 10.4 Å². The van der Waals surface area contributed by atoms with Crippen molar-refractivity contribution in [1.29, 1.82) is 0 Å². The van der Waals surface area contributed by atoms with Crippen LogP contribution in [0.25, 0.3) is 0 Å². The zero-order valence-electron chi connectivity index (χ0n) is 37.2. The van der Waals surface area contributed by atoms with Crippen molar-refractivity contribution in [2.75, 3.05) is 19.8 Å². The van der Waals surface area contributed by atoms with Gasteiger partial charge < -0.3 is 69.3 Å². The largest absolute Gasteiger partial charge is 0.397 e. The van der Waals surface area contributed by atoms with Gasteiger partial charge in [-0.1, -0.05) is 65.5 Å². The number of hydrogen-bond acceptors (Lipinski definition) is 17. The Kier molecular flexibility index (Phi) is 15.8. The van der Waals surface area contributed by atoms with E-state index in [4.69, 9.17) is 28.4 Å². The Bertz CT molecular complexity index is 1670. The van der Waals surface area contributed by atoms with Crippen molar-refractivity contribution in [2.24, 2.45) is 46.3 Å². The van der Waals surface area contributed by atoms with Crippen LogP contribution < -0.4 is 0 Å². The number of hydrogen-bond donors (Lipinski definition) is 9. The van der Waals surface area contributed by atoms with E-state index in [0.29, 0.717) is 41.9 Å². The molecule has 0 aromatic heterocycles. The van der Waals surface area contributed by atoms with Crippen LogP contribution in [0, 0.1) is 46.3 Å². The summed E-state index contributed by atoms with van der Waals surface area (Å²) >= 11 is 0. The first-order valence-corrected chi connectivity index (χ1v) is 24.6. The quantitative estimate of drug-likeness (QED) is 0.0828. The molecule has 22 atom stereocenters. The average molecular weight is 923 g/mol. The van der Waals surface area contributed by atoms with Gasteiger partial charge in [-0.3, -0.25) is 4.55 Å². The first-order valence-electron chi connectivity index (χ1n) is 23.2. The molecule has 7 rings (SSSR count). The summed E-state index contributed by atoms with van der Waals surface area (Å²) in [5, 5.41) is 85.1. The van der Waals surface area contributed by atoms with Gasteiger partial charge in [0.15, 0.2) is 18.9 Å². The molecule has 7 aliphatic rings. The predicted octanol–water partition coefficient (Wildman–Crippen LogP) is 1.33. The summed E-state index contributed by atoms with van der Waals surface area (Å²) in [6.45, 7) is 9.83. The van der Waals surface area contributed by atoms with Crippen LogP contribution in [-0.2, 0) is 43.0 Å². The van der Waals surface area contributed by atoms with Crippen molar-refractivity contribution in [1.82, 2.24) is 0 Å². The van der Waals surface area contributed by atoms with E-state index >= 15 is 0 Å². The summed E-state index contributed by atoms with van der Waals surface area (Å²) in [5.41, 5.74) is 1.52. The first-order chi connectivity index (χ1) is 29.7. The van der Waals surface area contributed by atoms with E-state index < -0.39 is 122 Å². The molecule has 63 heavy (non-hydrogen) atoms. The molecule has 18 nitrogen and oxygen atoms in total. The number of fused-ring (bicyclic) bond motifs is 5. The Morgan fingerprint density at radius 3 is 2.16 bits per heavy atom. The van der Waals surface area contributed by atoms with Gasteiger partial charge in [-0.25, -0.2) is 4.18 Å². The van der Waals surface area contributed by atoms with Crippen LogP contribution in [0.5, 0.6) is 0 Å². The van der Waals surface area contributed by atoms with Crippen molar-refractivity contribution < 1.29 is 86.4 Å². The van der Waals surface area contributed by atoms with Gasteiger partial charge in [-0.2, -0.15) is 8.42 Å². The third-order valence-corrected chi connectivity index (χ3v) is 16.9.